The van der Waals surface area contributed by atoms with Crippen molar-refractivity contribution in [3.63, 3.8) is 0 Å². The number of anilines is 1. The van der Waals surface area contributed by atoms with Crippen LogP contribution < -0.4 is 10.0 Å². The van der Waals surface area contributed by atoms with Crippen LogP contribution in [0.2, 0.25) is 0 Å². The maximum atomic E-state index is 13.0. The summed E-state index contributed by atoms with van der Waals surface area (Å²) < 4.78 is 65.6. The topological polar surface area (TPSA) is 75.3 Å². The van der Waals surface area contributed by atoms with Crippen LogP contribution in [0.1, 0.15) is 27.8 Å². The molecule has 1 amide bonds. The Balaban J connectivity index is 2.15. The second-order valence-electron chi connectivity index (χ2n) is 6.62. The number of rotatable bonds is 5. The van der Waals surface area contributed by atoms with E-state index in [0.29, 0.717) is 11.8 Å². The minimum absolute atomic E-state index is 0.0884. The Morgan fingerprint density at radius 3 is 2.07 bits per heavy atom. The third-order valence-corrected chi connectivity index (χ3v) is 5.59. The largest absolute Gasteiger partial charge is 0.416 e. The number of carbonyl (C=O) groups excluding carboxylic acids is 1. The highest BCUT2D eigenvalue weighted by atomic mass is 32.2. The van der Waals surface area contributed by atoms with Crippen molar-refractivity contribution in [2.45, 2.75) is 38.8 Å². The summed E-state index contributed by atoms with van der Waals surface area (Å²) in [7, 11) is -4.28. The van der Waals surface area contributed by atoms with E-state index in [1.807, 2.05) is 37.6 Å². The first kappa shape index (κ1) is 21.9. The number of sulfonamides is 1. The van der Waals surface area contributed by atoms with Crippen molar-refractivity contribution >= 4 is 21.6 Å². The van der Waals surface area contributed by atoms with Crippen LogP contribution in [0.5, 0.6) is 0 Å². The van der Waals surface area contributed by atoms with Crippen LogP contribution >= 0.6 is 0 Å². The number of hydrogen-bond acceptors (Lipinski definition) is 3. The van der Waals surface area contributed by atoms with E-state index < -0.39 is 39.1 Å². The van der Waals surface area contributed by atoms with E-state index in [4.69, 9.17) is 0 Å². The molecule has 2 aromatic rings. The molecule has 0 fully saturated rings. The molecule has 2 rings (SSSR count). The Morgan fingerprint density at radius 2 is 1.54 bits per heavy atom. The fourth-order valence-electron chi connectivity index (χ4n) is 2.88. The van der Waals surface area contributed by atoms with Gasteiger partial charge in [-0.05, 0) is 56.5 Å². The molecule has 9 heteroatoms. The van der Waals surface area contributed by atoms with E-state index in [-0.39, 0.29) is 5.56 Å². The van der Waals surface area contributed by atoms with E-state index in [1.54, 1.807) is 0 Å². The molecule has 28 heavy (non-hydrogen) atoms. The van der Waals surface area contributed by atoms with Crippen LogP contribution in [-0.2, 0) is 21.0 Å². The lowest BCUT2D eigenvalue weighted by Gasteiger charge is -2.14. The molecule has 0 unspecified atom stereocenters. The zero-order chi connectivity index (χ0) is 21.3. The van der Waals surface area contributed by atoms with Gasteiger partial charge in [-0.3, -0.25) is 4.79 Å². The monoisotopic (exact) mass is 414 g/mol. The van der Waals surface area contributed by atoms with E-state index >= 15 is 0 Å². The lowest BCUT2D eigenvalue weighted by atomic mass is 10.1. The molecular formula is C19H21F3N2O3S. The van der Waals surface area contributed by atoms with Crippen LogP contribution in [0.3, 0.4) is 0 Å². The fourth-order valence-corrected chi connectivity index (χ4v) is 3.89. The van der Waals surface area contributed by atoms with Gasteiger partial charge in [-0.15, -0.1) is 0 Å². The summed E-state index contributed by atoms with van der Waals surface area (Å²) in [5, 5.41) is 2.63. The number of aryl methyl sites for hydroxylation is 4. The zero-order valence-corrected chi connectivity index (χ0v) is 16.7. The first-order valence-electron chi connectivity index (χ1n) is 8.36. The standard InChI is InChI=1S/C19H21F3N2O3S/c1-11-7-13(3)18(14(4)8-11)24-17(25)10-23-28(26,27)15-6-5-12(2)16(9-15)19(20,21)22/h5-9,23H,10H2,1-4H3,(H,24,25). The van der Waals surface area contributed by atoms with E-state index in [9.17, 15) is 26.4 Å². The summed E-state index contributed by atoms with van der Waals surface area (Å²) in [5.41, 5.74) is 2.11. The molecule has 152 valence electrons. The van der Waals surface area contributed by atoms with Gasteiger partial charge in [0.05, 0.1) is 17.0 Å². The van der Waals surface area contributed by atoms with Crippen molar-refractivity contribution in [2.75, 3.05) is 11.9 Å². The molecular weight excluding hydrogens is 393 g/mol. The summed E-state index contributed by atoms with van der Waals surface area (Å²) in [4.78, 5) is 11.6. The molecule has 2 N–H and O–H groups in total. The highest BCUT2D eigenvalue weighted by Gasteiger charge is 2.33. The predicted molar refractivity (Wildman–Crippen MR) is 101 cm³/mol. The first-order chi connectivity index (χ1) is 12.8. The van der Waals surface area contributed by atoms with Crippen molar-refractivity contribution in [1.82, 2.24) is 4.72 Å². The van der Waals surface area contributed by atoms with Crippen LogP contribution in [0.15, 0.2) is 35.2 Å². The van der Waals surface area contributed by atoms with Gasteiger partial charge in [0.25, 0.3) is 0 Å². The van der Waals surface area contributed by atoms with E-state index in [1.165, 1.54) is 6.92 Å². The quantitative estimate of drug-likeness (QED) is 0.780. The summed E-state index contributed by atoms with van der Waals surface area (Å²) >= 11 is 0. The van der Waals surface area contributed by atoms with Crippen LogP contribution in [0.25, 0.3) is 0 Å². The fraction of sp³-hybridized carbons (Fsp3) is 0.316. The van der Waals surface area contributed by atoms with E-state index in [0.717, 1.165) is 28.8 Å². The first-order valence-corrected chi connectivity index (χ1v) is 9.85. The molecule has 0 aliphatic heterocycles. The molecule has 5 nitrogen and oxygen atoms in total. The maximum absolute atomic E-state index is 13.0. The number of nitrogens with one attached hydrogen (secondary N) is 2. The Morgan fingerprint density at radius 1 is 0.964 bits per heavy atom. The number of halogens is 3. The summed E-state index contributed by atoms with van der Waals surface area (Å²) in [6.07, 6.45) is -4.67. The third kappa shape index (κ3) is 5.11. The van der Waals surface area contributed by atoms with Crippen molar-refractivity contribution in [2.24, 2.45) is 0 Å². The molecule has 0 saturated heterocycles. The number of carbonyl (C=O) groups is 1. The molecule has 0 aliphatic rings. The van der Waals surface area contributed by atoms with Gasteiger partial charge < -0.3 is 5.32 Å². The third-order valence-electron chi connectivity index (χ3n) is 4.19. The highest BCUT2D eigenvalue weighted by Crippen LogP contribution is 2.33. The average Bonchev–Trinajstić information content (AvgIpc) is 2.55. The predicted octanol–water partition coefficient (Wildman–Crippen LogP) is 3.86. The second-order valence-corrected chi connectivity index (χ2v) is 8.39. The van der Waals surface area contributed by atoms with Crippen molar-refractivity contribution in [1.29, 1.82) is 0 Å². The van der Waals surface area contributed by atoms with Crippen LogP contribution in [0.4, 0.5) is 18.9 Å². The minimum Gasteiger partial charge on any atom is -0.324 e. The molecule has 0 saturated carbocycles. The maximum Gasteiger partial charge on any atom is 0.416 e. The van der Waals surface area contributed by atoms with Crippen LogP contribution in [0, 0.1) is 27.7 Å². The summed E-state index contributed by atoms with van der Waals surface area (Å²) in [5.74, 6) is -0.623. The minimum atomic E-state index is -4.67. The van der Waals surface area contributed by atoms with Crippen molar-refractivity contribution in [3.8, 4) is 0 Å². The normalized spacial score (nSPS) is 12.1. The number of alkyl halides is 3. The highest BCUT2D eigenvalue weighted by molar-refractivity contribution is 7.89. The van der Waals surface area contributed by atoms with Crippen LogP contribution in [-0.4, -0.2) is 20.9 Å². The summed E-state index contributed by atoms with van der Waals surface area (Å²) in [6, 6.07) is 6.45. The van der Waals surface area contributed by atoms with Gasteiger partial charge in [0.1, 0.15) is 0 Å². The molecule has 0 radical (unpaired) electrons. The number of hydrogen-bond donors (Lipinski definition) is 2. The number of amides is 1. The molecule has 0 aliphatic carbocycles. The molecule has 0 atom stereocenters. The van der Waals surface area contributed by atoms with Crippen molar-refractivity contribution in [3.05, 3.63) is 58.1 Å². The van der Waals surface area contributed by atoms with Gasteiger partial charge in [-0.25, -0.2) is 13.1 Å². The SMILES string of the molecule is Cc1cc(C)c(NC(=O)CNS(=O)(=O)c2ccc(C)c(C(F)(F)F)c2)c(C)c1. The molecule has 0 spiro atoms. The molecule has 2 aromatic carbocycles. The molecule has 0 bridgehead atoms. The van der Waals surface area contributed by atoms with Gasteiger partial charge in [0, 0.05) is 5.69 Å². The Kier molecular flexibility index (Phi) is 6.20. The number of benzene rings is 2. The van der Waals surface area contributed by atoms with Gasteiger partial charge >= 0.3 is 6.18 Å². The van der Waals surface area contributed by atoms with Gasteiger partial charge in [-0.2, -0.15) is 13.2 Å². The smallest absolute Gasteiger partial charge is 0.324 e. The Bertz CT molecular complexity index is 993. The summed E-state index contributed by atoms with van der Waals surface area (Å²) in [6.45, 7) is 6.17. The van der Waals surface area contributed by atoms with Gasteiger partial charge in [-0.1, -0.05) is 23.8 Å². The average molecular weight is 414 g/mol. The lowest BCUT2D eigenvalue weighted by molar-refractivity contribution is -0.138. The lowest BCUT2D eigenvalue weighted by Crippen LogP contribution is -2.33. The van der Waals surface area contributed by atoms with E-state index in [2.05, 4.69) is 5.32 Å². The Hall–Kier alpha value is -2.39. The zero-order valence-electron chi connectivity index (χ0n) is 15.9. The van der Waals surface area contributed by atoms with Gasteiger partial charge in [0.15, 0.2) is 0 Å². The van der Waals surface area contributed by atoms with Crippen molar-refractivity contribution < 1.29 is 26.4 Å². The van der Waals surface area contributed by atoms with Gasteiger partial charge in [0.2, 0.25) is 15.9 Å². The Labute approximate surface area is 162 Å². The molecule has 0 heterocycles. The molecule has 0 aromatic heterocycles. The second kappa shape index (κ2) is 7.92.